The fraction of sp³-hybridized carbons (Fsp3) is 0.105. The van der Waals surface area contributed by atoms with Crippen LogP contribution in [-0.4, -0.2) is 17.1 Å². The van der Waals surface area contributed by atoms with Crippen LogP contribution in [0.25, 0.3) is 0 Å². The van der Waals surface area contributed by atoms with Crippen LogP contribution in [0, 0.1) is 6.92 Å². The number of nitrogens with one attached hydrogen (secondary N) is 3. The van der Waals surface area contributed by atoms with Gasteiger partial charge in [-0.3, -0.25) is 10.1 Å². The zero-order valence-electron chi connectivity index (χ0n) is 14.1. The standard InChI is InChI=1S/C19H18N4O3/c1-13-12-16(23-26-13)21-19(25)22-17(14-8-4-2-5-9-14)18(24)20-15-10-6-3-7-11-15/h2-12,17H,1H3,(H,20,24)(H2,21,22,23,25). The molecule has 7 nitrogen and oxygen atoms in total. The molecule has 26 heavy (non-hydrogen) atoms. The lowest BCUT2D eigenvalue weighted by atomic mass is 10.1. The zero-order valence-corrected chi connectivity index (χ0v) is 14.1. The molecule has 0 aliphatic rings. The Bertz CT molecular complexity index is 878. The Kier molecular flexibility index (Phi) is 5.28. The molecule has 3 rings (SSSR count). The number of benzene rings is 2. The van der Waals surface area contributed by atoms with E-state index in [2.05, 4.69) is 21.1 Å². The Balaban J connectivity index is 1.75. The molecule has 3 aromatic rings. The summed E-state index contributed by atoms with van der Waals surface area (Å²) in [5, 5.41) is 11.7. The quantitative estimate of drug-likeness (QED) is 0.656. The summed E-state index contributed by atoms with van der Waals surface area (Å²) in [6, 6.07) is 18.2. The normalized spacial score (nSPS) is 11.4. The number of hydrogen-bond acceptors (Lipinski definition) is 4. The summed E-state index contributed by atoms with van der Waals surface area (Å²) < 4.78 is 4.91. The smallest absolute Gasteiger partial charge is 0.321 e. The first-order valence-corrected chi connectivity index (χ1v) is 8.03. The van der Waals surface area contributed by atoms with Crippen molar-refractivity contribution in [3.8, 4) is 0 Å². The minimum atomic E-state index is -0.871. The topological polar surface area (TPSA) is 96.3 Å². The van der Waals surface area contributed by atoms with Crippen LogP contribution in [0.2, 0.25) is 0 Å². The number of amides is 3. The third-order valence-corrected chi connectivity index (χ3v) is 3.58. The molecular formula is C19H18N4O3. The molecule has 0 aliphatic carbocycles. The number of rotatable bonds is 5. The fourth-order valence-electron chi connectivity index (χ4n) is 2.39. The van der Waals surface area contributed by atoms with Gasteiger partial charge in [-0.25, -0.2) is 4.79 Å². The van der Waals surface area contributed by atoms with Crippen LogP contribution >= 0.6 is 0 Å². The van der Waals surface area contributed by atoms with Gasteiger partial charge in [-0.05, 0) is 24.6 Å². The monoisotopic (exact) mass is 350 g/mol. The van der Waals surface area contributed by atoms with Crippen molar-refractivity contribution in [1.82, 2.24) is 10.5 Å². The molecule has 1 unspecified atom stereocenters. The summed E-state index contributed by atoms with van der Waals surface area (Å²) >= 11 is 0. The van der Waals surface area contributed by atoms with Crippen molar-refractivity contribution in [2.45, 2.75) is 13.0 Å². The molecule has 132 valence electrons. The van der Waals surface area contributed by atoms with E-state index in [1.807, 2.05) is 24.3 Å². The van der Waals surface area contributed by atoms with E-state index >= 15 is 0 Å². The molecule has 0 radical (unpaired) electrons. The lowest BCUT2D eigenvalue weighted by molar-refractivity contribution is -0.118. The van der Waals surface area contributed by atoms with Gasteiger partial charge in [-0.1, -0.05) is 53.7 Å². The van der Waals surface area contributed by atoms with E-state index in [1.54, 1.807) is 49.4 Å². The third kappa shape index (κ3) is 4.47. The summed E-state index contributed by atoms with van der Waals surface area (Å²) in [5.41, 5.74) is 1.31. The summed E-state index contributed by atoms with van der Waals surface area (Å²) in [6.45, 7) is 1.72. The summed E-state index contributed by atoms with van der Waals surface area (Å²) in [5.74, 6) is 0.492. The molecule has 3 amide bonds. The largest absolute Gasteiger partial charge is 0.360 e. The Labute approximate surface area is 150 Å². The van der Waals surface area contributed by atoms with Gasteiger partial charge in [0.15, 0.2) is 5.82 Å². The van der Waals surface area contributed by atoms with E-state index in [0.29, 0.717) is 17.0 Å². The first-order valence-electron chi connectivity index (χ1n) is 8.03. The molecule has 3 N–H and O–H groups in total. The van der Waals surface area contributed by atoms with Crippen LogP contribution in [0.3, 0.4) is 0 Å². The molecule has 0 aliphatic heterocycles. The molecule has 1 heterocycles. The maximum absolute atomic E-state index is 12.7. The molecule has 1 aromatic heterocycles. The lowest BCUT2D eigenvalue weighted by Gasteiger charge is -2.19. The van der Waals surface area contributed by atoms with Crippen LogP contribution in [0.1, 0.15) is 17.4 Å². The maximum atomic E-state index is 12.7. The van der Waals surface area contributed by atoms with Gasteiger partial charge < -0.3 is 15.2 Å². The lowest BCUT2D eigenvalue weighted by Crippen LogP contribution is -2.39. The Morgan fingerprint density at radius 2 is 1.62 bits per heavy atom. The average molecular weight is 350 g/mol. The van der Waals surface area contributed by atoms with Crippen molar-refractivity contribution in [2.24, 2.45) is 0 Å². The predicted molar refractivity (Wildman–Crippen MR) is 97.6 cm³/mol. The van der Waals surface area contributed by atoms with Crippen LogP contribution in [-0.2, 0) is 4.79 Å². The average Bonchev–Trinajstić information content (AvgIpc) is 3.06. The molecular weight excluding hydrogens is 332 g/mol. The zero-order chi connectivity index (χ0) is 18.4. The van der Waals surface area contributed by atoms with Crippen molar-refractivity contribution in [1.29, 1.82) is 0 Å². The highest BCUT2D eigenvalue weighted by Crippen LogP contribution is 2.16. The van der Waals surface area contributed by atoms with E-state index in [0.717, 1.165) is 0 Å². The SMILES string of the molecule is Cc1cc(NC(=O)NC(C(=O)Nc2ccccc2)c2ccccc2)no1. The molecule has 0 fully saturated rings. The summed E-state index contributed by atoms with van der Waals surface area (Å²) in [6.07, 6.45) is 0. The van der Waals surface area contributed by atoms with Crippen LogP contribution in [0.4, 0.5) is 16.3 Å². The first kappa shape index (κ1) is 17.2. The van der Waals surface area contributed by atoms with Gasteiger partial charge in [-0.15, -0.1) is 0 Å². The van der Waals surface area contributed by atoms with Crippen molar-refractivity contribution < 1.29 is 14.1 Å². The van der Waals surface area contributed by atoms with Gasteiger partial charge in [0.1, 0.15) is 11.8 Å². The number of nitrogens with zero attached hydrogens (tertiary/aromatic N) is 1. The van der Waals surface area contributed by atoms with Crippen LogP contribution in [0.5, 0.6) is 0 Å². The second kappa shape index (κ2) is 7.98. The predicted octanol–water partition coefficient (Wildman–Crippen LogP) is 3.48. The highest BCUT2D eigenvalue weighted by molar-refractivity contribution is 5.99. The van der Waals surface area contributed by atoms with E-state index in [1.165, 1.54) is 0 Å². The molecule has 0 saturated heterocycles. The number of anilines is 2. The summed E-state index contributed by atoms with van der Waals surface area (Å²) in [4.78, 5) is 25.0. The first-order chi connectivity index (χ1) is 12.6. The number of aromatic nitrogens is 1. The van der Waals surface area contributed by atoms with E-state index < -0.39 is 12.1 Å². The molecule has 0 bridgehead atoms. The van der Waals surface area contributed by atoms with Crippen molar-refractivity contribution in [2.75, 3.05) is 10.6 Å². The van der Waals surface area contributed by atoms with Crippen LogP contribution < -0.4 is 16.0 Å². The number of hydrogen-bond donors (Lipinski definition) is 3. The third-order valence-electron chi connectivity index (χ3n) is 3.58. The van der Waals surface area contributed by atoms with Gasteiger partial charge in [0.05, 0.1) is 0 Å². The van der Waals surface area contributed by atoms with Crippen molar-refractivity contribution in [3.63, 3.8) is 0 Å². The minimum Gasteiger partial charge on any atom is -0.360 e. The van der Waals surface area contributed by atoms with Gasteiger partial charge >= 0.3 is 6.03 Å². The molecule has 0 spiro atoms. The van der Waals surface area contributed by atoms with E-state index in [-0.39, 0.29) is 11.7 Å². The second-order valence-electron chi connectivity index (χ2n) is 5.62. The van der Waals surface area contributed by atoms with E-state index in [9.17, 15) is 9.59 Å². The number of aryl methyl sites for hydroxylation is 1. The van der Waals surface area contributed by atoms with Crippen molar-refractivity contribution >= 4 is 23.4 Å². The van der Waals surface area contributed by atoms with Gasteiger partial charge in [0.25, 0.3) is 5.91 Å². The highest BCUT2D eigenvalue weighted by atomic mass is 16.5. The molecule has 2 aromatic carbocycles. The number of urea groups is 1. The Hall–Kier alpha value is -3.61. The Morgan fingerprint density at radius 3 is 2.23 bits per heavy atom. The van der Waals surface area contributed by atoms with Crippen LogP contribution in [0.15, 0.2) is 71.3 Å². The molecule has 0 saturated carbocycles. The Morgan fingerprint density at radius 1 is 0.962 bits per heavy atom. The van der Waals surface area contributed by atoms with Gasteiger partial charge in [0.2, 0.25) is 0 Å². The molecule has 7 heteroatoms. The second-order valence-corrected chi connectivity index (χ2v) is 5.62. The number of para-hydroxylation sites is 1. The highest BCUT2D eigenvalue weighted by Gasteiger charge is 2.23. The minimum absolute atomic E-state index is 0.273. The molecule has 1 atom stereocenters. The number of carbonyl (C=O) groups is 2. The van der Waals surface area contributed by atoms with Gasteiger partial charge in [0, 0.05) is 11.8 Å². The van der Waals surface area contributed by atoms with Crippen molar-refractivity contribution in [3.05, 3.63) is 78.1 Å². The number of carbonyl (C=O) groups excluding carboxylic acids is 2. The summed E-state index contributed by atoms with van der Waals surface area (Å²) in [7, 11) is 0. The van der Waals surface area contributed by atoms with E-state index in [4.69, 9.17) is 4.52 Å². The maximum Gasteiger partial charge on any atom is 0.321 e. The van der Waals surface area contributed by atoms with Gasteiger partial charge in [-0.2, -0.15) is 0 Å². The fourth-order valence-corrected chi connectivity index (χ4v) is 2.39.